The molecule has 1 unspecified atom stereocenters. The van der Waals surface area contributed by atoms with Crippen molar-refractivity contribution in [2.24, 2.45) is 0 Å². The normalized spacial score (nSPS) is 22.3. The van der Waals surface area contributed by atoms with Gasteiger partial charge in [0.05, 0.1) is 0 Å². The lowest BCUT2D eigenvalue weighted by molar-refractivity contribution is 0.182. The van der Waals surface area contributed by atoms with E-state index in [0.29, 0.717) is 0 Å². The molecular weight excluding hydrogens is 202 g/mol. The van der Waals surface area contributed by atoms with Crippen LogP contribution in [-0.2, 0) is 0 Å². The Hall–Kier alpha value is -1.22. The second kappa shape index (κ2) is 6.38. The quantitative estimate of drug-likeness (QED) is 0.752. The molecule has 16 heavy (non-hydrogen) atoms. The first kappa shape index (κ1) is 12.8. The molecule has 0 aliphatic heterocycles. The molecule has 0 fully saturated rings. The summed E-state index contributed by atoms with van der Waals surface area (Å²) in [6.07, 6.45) is 8.33. The smallest absolute Gasteiger partial charge is 0.137 e. The Kier molecular flexibility index (Phi) is 5.12. The molecule has 3 heteroatoms. The van der Waals surface area contributed by atoms with Gasteiger partial charge in [-0.25, -0.2) is 0 Å². The fourth-order valence-corrected chi connectivity index (χ4v) is 1.75. The third-order valence-electron chi connectivity index (χ3n) is 2.50. The summed E-state index contributed by atoms with van der Waals surface area (Å²) >= 11 is 0. The fourth-order valence-electron chi connectivity index (χ4n) is 1.75. The zero-order valence-electron chi connectivity index (χ0n) is 10.1. The molecule has 0 radical (unpaired) electrons. The van der Waals surface area contributed by atoms with E-state index in [0.717, 1.165) is 31.5 Å². The van der Waals surface area contributed by atoms with Crippen molar-refractivity contribution in [3.05, 3.63) is 35.8 Å². The summed E-state index contributed by atoms with van der Waals surface area (Å²) in [5.74, 6) is 0.0155. The van der Waals surface area contributed by atoms with Gasteiger partial charge in [0.15, 0.2) is 0 Å². The highest BCUT2D eigenvalue weighted by Crippen LogP contribution is 2.17. The minimum atomic E-state index is -0.874. The molecule has 0 amide bonds. The van der Waals surface area contributed by atoms with Crippen molar-refractivity contribution in [3.8, 4) is 0 Å². The first-order chi connectivity index (χ1) is 7.69. The van der Waals surface area contributed by atoms with Gasteiger partial charge in [-0.05, 0) is 18.9 Å². The fraction of sp³-hybridized carbons (Fsp3) is 0.538. The summed E-state index contributed by atoms with van der Waals surface area (Å²) in [7, 11) is 0. The Balaban J connectivity index is 2.73. The van der Waals surface area contributed by atoms with Gasteiger partial charge in [-0.1, -0.05) is 26.0 Å². The molecule has 3 nitrogen and oxygen atoms in total. The van der Waals surface area contributed by atoms with Crippen LogP contribution in [0.25, 0.3) is 0 Å². The molecular formula is C13H21NO2. The van der Waals surface area contributed by atoms with Crippen molar-refractivity contribution < 1.29 is 10.2 Å². The molecule has 1 aliphatic carbocycles. The molecule has 0 saturated carbocycles. The molecule has 0 heterocycles. The second-order valence-electron chi connectivity index (χ2n) is 4.02. The second-order valence-corrected chi connectivity index (χ2v) is 4.02. The number of hydrogen-bond acceptors (Lipinski definition) is 3. The van der Waals surface area contributed by atoms with Gasteiger partial charge in [-0.2, -0.15) is 0 Å². The van der Waals surface area contributed by atoms with Crippen molar-refractivity contribution in [1.29, 1.82) is 0 Å². The van der Waals surface area contributed by atoms with Crippen LogP contribution in [0.5, 0.6) is 0 Å². The average Bonchev–Trinajstić information content (AvgIpc) is 2.25. The summed E-state index contributed by atoms with van der Waals surface area (Å²) in [6.45, 7) is 6.21. The maximum atomic E-state index is 9.76. The Bertz CT molecular complexity index is 299. The topological polar surface area (TPSA) is 43.7 Å². The number of aliphatic hydroxyl groups excluding tert-OH is 2. The maximum Gasteiger partial charge on any atom is 0.137 e. The van der Waals surface area contributed by atoms with Gasteiger partial charge < -0.3 is 15.1 Å². The summed E-state index contributed by atoms with van der Waals surface area (Å²) in [5, 5.41) is 19.2. The van der Waals surface area contributed by atoms with Crippen molar-refractivity contribution in [3.63, 3.8) is 0 Å². The molecule has 0 aromatic heterocycles. The average molecular weight is 223 g/mol. The standard InChI is InChI=1S/C13H21NO2/c1-3-8-14(9-4-2)10-11-6-5-7-12(15)13(11)16/h5-7,10,13,15-16H,3-4,8-9H2,1-2H3. The van der Waals surface area contributed by atoms with Crippen LogP contribution in [0.1, 0.15) is 26.7 Å². The molecule has 0 spiro atoms. The van der Waals surface area contributed by atoms with Crippen LogP contribution >= 0.6 is 0 Å². The Morgan fingerprint density at radius 1 is 1.31 bits per heavy atom. The lowest BCUT2D eigenvalue weighted by Gasteiger charge is -2.22. The molecule has 1 aliphatic rings. The van der Waals surface area contributed by atoms with E-state index in [1.54, 1.807) is 6.08 Å². The van der Waals surface area contributed by atoms with Gasteiger partial charge in [0.25, 0.3) is 0 Å². The predicted octanol–water partition coefficient (Wildman–Crippen LogP) is 2.36. The first-order valence-corrected chi connectivity index (χ1v) is 5.90. The third-order valence-corrected chi connectivity index (χ3v) is 2.50. The van der Waals surface area contributed by atoms with Crippen LogP contribution in [0.15, 0.2) is 35.8 Å². The summed E-state index contributed by atoms with van der Waals surface area (Å²) in [6, 6.07) is 0. The highest BCUT2D eigenvalue weighted by molar-refractivity contribution is 5.36. The number of nitrogens with zero attached hydrogens (tertiary/aromatic N) is 1. The molecule has 1 rings (SSSR count). The highest BCUT2D eigenvalue weighted by Gasteiger charge is 2.16. The van der Waals surface area contributed by atoms with Gasteiger partial charge in [-0.3, -0.25) is 0 Å². The molecule has 90 valence electrons. The molecule has 0 bridgehead atoms. The van der Waals surface area contributed by atoms with E-state index in [-0.39, 0.29) is 5.76 Å². The van der Waals surface area contributed by atoms with Crippen molar-refractivity contribution in [2.45, 2.75) is 32.8 Å². The molecule has 0 aromatic rings. The van der Waals surface area contributed by atoms with E-state index in [4.69, 9.17) is 0 Å². The number of hydrogen-bond donors (Lipinski definition) is 2. The van der Waals surface area contributed by atoms with E-state index in [1.807, 2.05) is 12.3 Å². The van der Waals surface area contributed by atoms with Gasteiger partial charge >= 0.3 is 0 Å². The van der Waals surface area contributed by atoms with Crippen LogP contribution in [0.4, 0.5) is 0 Å². The van der Waals surface area contributed by atoms with E-state index in [9.17, 15) is 10.2 Å². The largest absolute Gasteiger partial charge is 0.509 e. The first-order valence-electron chi connectivity index (χ1n) is 5.90. The van der Waals surface area contributed by atoms with Crippen LogP contribution in [0.2, 0.25) is 0 Å². The molecule has 0 saturated heterocycles. The molecule has 2 N–H and O–H groups in total. The number of allylic oxidation sites excluding steroid dienone is 2. The van der Waals surface area contributed by atoms with Gasteiger partial charge in [-0.15, -0.1) is 0 Å². The Morgan fingerprint density at radius 2 is 1.94 bits per heavy atom. The minimum Gasteiger partial charge on any atom is -0.509 e. The lowest BCUT2D eigenvalue weighted by Crippen LogP contribution is -2.23. The number of rotatable bonds is 5. The molecule has 1 atom stereocenters. The lowest BCUT2D eigenvalue weighted by atomic mass is 10.0. The van der Waals surface area contributed by atoms with Crippen LogP contribution in [0.3, 0.4) is 0 Å². The van der Waals surface area contributed by atoms with E-state index in [1.165, 1.54) is 6.08 Å². The maximum absolute atomic E-state index is 9.76. The van der Waals surface area contributed by atoms with E-state index in [2.05, 4.69) is 18.7 Å². The summed E-state index contributed by atoms with van der Waals surface area (Å²) in [4.78, 5) is 2.18. The SMILES string of the molecule is CCCN(C=C1C=CC=C(O)C1O)CCC. The van der Waals surface area contributed by atoms with Crippen molar-refractivity contribution >= 4 is 0 Å². The van der Waals surface area contributed by atoms with E-state index < -0.39 is 6.10 Å². The Labute approximate surface area is 97.4 Å². The van der Waals surface area contributed by atoms with Crippen LogP contribution in [-0.4, -0.2) is 34.3 Å². The summed E-state index contributed by atoms with van der Waals surface area (Å²) < 4.78 is 0. The van der Waals surface area contributed by atoms with Gasteiger partial charge in [0.2, 0.25) is 0 Å². The van der Waals surface area contributed by atoms with Gasteiger partial charge in [0, 0.05) is 24.9 Å². The number of aliphatic hydroxyl groups is 2. The van der Waals surface area contributed by atoms with E-state index >= 15 is 0 Å². The van der Waals surface area contributed by atoms with Crippen LogP contribution in [0, 0.1) is 0 Å². The zero-order chi connectivity index (χ0) is 12.0. The minimum absolute atomic E-state index is 0.0155. The zero-order valence-corrected chi connectivity index (χ0v) is 10.1. The molecule has 0 aromatic carbocycles. The van der Waals surface area contributed by atoms with Crippen LogP contribution < -0.4 is 0 Å². The highest BCUT2D eigenvalue weighted by atomic mass is 16.3. The summed E-state index contributed by atoms with van der Waals surface area (Å²) in [5.41, 5.74) is 0.752. The Morgan fingerprint density at radius 3 is 2.50 bits per heavy atom. The predicted molar refractivity (Wildman–Crippen MR) is 66.1 cm³/mol. The monoisotopic (exact) mass is 223 g/mol. The van der Waals surface area contributed by atoms with Crippen molar-refractivity contribution in [1.82, 2.24) is 4.90 Å². The van der Waals surface area contributed by atoms with Crippen molar-refractivity contribution in [2.75, 3.05) is 13.1 Å². The third kappa shape index (κ3) is 3.42. The van der Waals surface area contributed by atoms with Gasteiger partial charge in [0.1, 0.15) is 11.9 Å².